The SMILES string of the molecule is Cl.Cl.O=C1C=C(N2CC2)C(=O)C(N2CC2)=C1N1CC1.c1ccc(-c2ccnc3c2ccc2c(-c4ccccc4)ccnc23)cc1. The molecular weight excluding hydrogens is 605 g/mol. The fourth-order valence-electron chi connectivity index (χ4n) is 5.84. The molecule has 0 bridgehead atoms. The van der Waals surface area contributed by atoms with Crippen molar-refractivity contribution in [2.24, 2.45) is 0 Å². The topological polar surface area (TPSA) is 68.9 Å². The second-order valence-electron chi connectivity index (χ2n) is 11.2. The molecule has 3 aromatic carbocycles. The number of Topliss-reactive ketones (excluding diaryl/α,β-unsaturated/α-hetero) is 1. The maximum absolute atomic E-state index is 12.4. The molecule has 3 fully saturated rings. The van der Waals surface area contributed by atoms with Crippen molar-refractivity contribution in [3.8, 4) is 22.3 Å². The maximum Gasteiger partial charge on any atom is 0.227 e. The summed E-state index contributed by atoms with van der Waals surface area (Å²) in [5, 5.41) is 2.26. The van der Waals surface area contributed by atoms with Crippen LogP contribution in [-0.2, 0) is 9.59 Å². The van der Waals surface area contributed by atoms with E-state index >= 15 is 0 Å². The van der Waals surface area contributed by atoms with Gasteiger partial charge in [0.15, 0.2) is 0 Å². The summed E-state index contributed by atoms with van der Waals surface area (Å²) in [6.07, 6.45) is 5.28. The number of nitrogens with zero attached hydrogens (tertiary/aromatic N) is 5. The molecule has 3 saturated heterocycles. The van der Waals surface area contributed by atoms with Crippen LogP contribution < -0.4 is 0 Å². The van der Waals surface area contributed by atoms with Gasteiger partial charge in [-0.1, -0.05) is 72.8 Å². The Balaban J connectivity index is 0.000000164. The number of fused-ring (bicyclic) bond motifs is 3. The molecule has 0 unspecified atom stereocenters. The van der Waals surface area contributed by atoms with Crippen LogP contribution in [0.5, 0.6) is 0 Å². The predicted octanol–water partition coefficient (Wildman–Crippen LogP) is 6.14. The maximum atomic E-state index is 12.4. The van der Waals surface area contributed by atoms with Crippen LogP contribution in [0.2, 0.25) is 0 Å². The molecule has 3 aliphatic heterocycles. The first-order chi connectivity index (χ1) is 21.2. The lowest BCUT2D eigenvalue weighted by Crippen LogP contribution is -2.29. The number of hydrogen-bond donors (Lipinski definition) is 0. The van der Waals surface area contributed by atoms with Crippen molar-refractivity contribution in [3.63, 3.8) is 0 Å². The fourth-order valence-corrected chi connectivity index (χ4v) is 5.84. The number of carbonyl (C=O) groups is 2. The van der Waals surface area contributed by atoms with E-state index in [1.165, 1.54) is 28.3 Å². The van der Waals surface area contributed by atoms with E-state index in [0.717, 1.165) is 61.1 Å². The van der Waals surface area contributed by atoms with E-state index < -0.39 is 0 Å². The Morgan fingerprint density at radius 2 is 0.956 bits per heavy atom. The summed E-state index contributed by atoms with van der Waals surface area (Å²) in [6, 6.07) is 29.3. The van der Waals surface area contributed by atoms with Gasteiger partial charge < -0.3 is 14.7 Å². The number of benzene rings is 3. The molecule has 226 valence electrons. The molecule has 45 heavy (non-hydrogen) atoms. The first-order valence-electron chi connectivity index (χ1n) is 14.7. The first kappa shape index (κ1) is 30.3. The van der Waals surface area contributed by atoms with Gasteiger partial charge in [-0.3, -0.25) is 19.6 Å². The highest BCUT2D eigenvalue weighted by Crippen LogP contribution is 2.36. The molecule has 5 heterocycles. The normalized spacial score (nSPS) is 16.4. The van der Waals surface area contributed by atoms with Gasteiger partial charge >= 0.3 is 0 Å². The number of halogens is 2. The van der Waals surface area contributed by atoms with E-state index in [2.05, 4.69) is 82.8 Å². The van der Waals surface area contributed by atoms with Gasteiger partial charge in [-0.25, -0.2) is 0 Å². The zero-order valence-electron chi connectivity index (χ0n) is 24.4. The standard InChI is InChI=1S/C24H16N2.C12H13N3O2.2ClH/c1-3-7-17(8-4-1)19-13-15-25-23-21(19)11-12-22-20(14-16-26-24(22)23)18-9-5-2-6-10-18;16-9-7-8(13-1-2-13)12(17)11(15-5-6-15)10(9)14-3-4-14;;/h1-16H;7H,1-6H2;2*1H. The van der Waals surface area contributed by atoms with Crippen molar-refractivity contribution < 1.29 is 9.59 Å². The molecule has 2 aromatic heterocycles. The second kappa shape index (κ2) is 12.3. The number of ketones is 2. The monoisotopic (exact) mass is 635 g/mol. The van der Waals surface area contributed by atoms with Gasteiger partial charge in [-0.05, 0) is 34.4 Å². The molecule has 4 aliphatic rings. The van der Waals surface area contributed by atoms with Crippen molar-refractivity contribution >= 4 is 58.2 Å². The van der Waals surface area contributed by atoms with E-state index in [4.69, 9.17) is 0 Å². The molecular formula is C36H31Cl2N5O2. The van der Waals surface area contributed by atoms with Crippen LogP contribution in [0.3, 0.4) is 0 Å². The summed E-state index contributed by atoms with van der Waals surface area (Å²) in [5.74, 6) is 0.0485. The van der Waals surface area contributed by atoms with Gasteiger partial charge in [0.2, 0.25) is 11.6 Å². The van der Waals surface area contributed by atoms with Gasteiger partial charge in [0, 0.05) is 68.5 Å². The fraction of sp³-hybridized carbons (Fsp3) is 0.167. The Morgan fingerprint density at radius 1 is 0.511 bits per heavy atom. The van der Waals surface area contributed by atoms with Crippen LogP contribution in [0.25, 0.3) is 44.1 Å². The smallest absolute Gasteiger partial charge is 0.227 e. The molecule has 0 saturated carbocycles. The van der Waals surface area contributed by atoms with Crippen LogP contribution >= 0.6 is 24.8 Å². The highest BCUT2D eigenvalue weighted by molar-refractivity contribution is 6.22. The van der Waals surface area contributed by atoms with E-state index in [1.807, 2.05) is 39.2 Å². The largest absolute Gasteiger partial charge is 0.365 e. The molecule has 1 aliphatic carbocycles. The lowest BCUT2D eigenvalue weighted by molar-refractivity contribution is -0.117. The number of aromatic nitrogens is 2. The van der Waals surface area contributed by atoms with Gasteiger partial charge in [-0.2, -0.15) is 0 Å². The average molecular weight is 637 g/mol. The van der Waals surface area contributed by atoms with E-state index in [0.29, 0.717) is 17.1 Å². The lowest BCUT2D eigenvalue weighted by atomic mass is 9.97. The molecule has 9 rings (SSSR count). The molecule has 5 aromatic rings. The van der Waals surface area contributed by atoms with Crippen LogP contribution in [0.1, 0.15) is 0 Å². The Labute approximate surface area is 273 Å². The Kier molecular flexibility index (Phi) is 8.32. The minimum Gasteiger partial charge on any atom is -0.365 e. The van der Waals surface area contributed by atoms with Crippen LogP contribution in [0.15, 0.2) is 120 Å². The van der Waals surface area contributed by atoms with Gasteiger partial charge in [-0.15, -0.1) is 24.8 Å². The van der Waals surface area contributed by atoms with Crippen molar-refractivity contribution in [1.29, 1.82) is 0 Å². The Hall–Kier alpha value is -4.72. The lowest BCUT2D eigenvalue weighted by Gasteiger charge is -2.21. The molecule has 9 heteroatoms. The highest BCUT2D eigenvalue weighted by Gasteiger charge is 2.43. The molecule has 0 radical (unpaired) electrons. The first-order valence-corrected chi connectivity index (χ1v) is 14.7. The Morgan fingerprint density at radius 3 is 1.40 bits per heavy atom. The zero-order valence-corrected chi connectivity index (χ0v) is 26.1. The predicted molar refractivity (Wildman–Crippen MR) is 182 cm³/mol. The third kappa shape index (κ3) is 5.77. The minimum atomic E-state index is 0. The van der Waals surface area contributed by atoms with Crippen molar-refractivity contribution in [2.75, 3.05) is 39.3 Å². The molecule has 0 atom stereocenters. The van der Waals surface area contributed by atoms with Crippen molar-refractivity contribution in [3.05, 3.63) is 120 Å². The third-order valence-electron chi connectivity index (χ3n) is 8.28. The molecule has 0 spiro atoms. The molecule has 7 nitrogen and oxygen atoms in total. The summed E-state index contributed by atoms with van der Waals surface area (Å²) >= 11 is 0. The molecule has 0 amide bonds. The summed E-state index contributed by atoms with van der Waals surface area (Å²) in [5.41, 5.74) is 8.53. The number of pyridine rings is 2. The van der Waals surface area contributed by atoms with Crippen molar-refractivity contribution in [2.45, 2.75) is 0 Å². The van der Waals surface area contributed by atoms with Gasteiger partial charge in [0.1, 0.15) is 11.4 Å². The van der Waals surface area contributed by atoms with E-state index in [-0.39, 0.29) is 36.4 Å². The van der Waals surface area contributed by atoms with Crippen LogP contribution in [0, 0.1) is 0 Å². The molecule has 0 N–H and O–H groups in total. The Bertz CT molecular complexity index is 1890. The van der Waals surface area contributed by atoms with Crippen LogP contribution in [0.4, 0.5) is 0 Å². The van der Waals surface area contributed by atoms with Crippen LogP contribution in [-0.4, -0.2) is 75.5 Å². The summed E-state index contributed by atoms with van der Waals surface area (Å²) < 4.78 is 0. The number of carbonyl (C=O) groups excluding carboxylic acids is 2. The van der Waals surface area contributed by atoms with E-state index in [9.17, 15) is 9.59 Å². The van der Waals surface area contributed by atoms with Gasteiger partial charge in [0.25, 0.3) is 0 Å². The summed E-state index contributed by atoms with van der Waals surface area (Å²) in [6.45, 7) is 5.41. The average Bonchev–Trinajstić information content (AvgIpc) is 3.88. The third-order valence-corrected chi connectivity index (χ3v) is 8.28. The number of hydrogen-bond acceptors (Lipinski definition) is 7. The summed E-state index contributed by atoms with van der Waals surface area (Å²) in [4.78, 5) is 39.8. The van der Waals surface area contributed by atoms with E-state index in [1.54, 1.807) is 0 Å². The number of rotatable bonds is 5. The van der Waals surface area contributed by atoms with Crippen molar-refractivity contribution in [1.82, 2.24) is 24.7 Å². The van der Waals surface area contributed by atoms with Gasteiger partial charge in [0.05, 0.1) is 16.7 Å². The quantitative estimate of drug-likeness (QED) is 0.130. The summed E-state index contributed by atoms with van der Waals surface area (Å²) in [7, 11) is 0. The highest BCUT2D eigenvalue weighted by atomic mass is 35.5. The number of allylic oxidation sites excluding steroid dienone is 1. The minimum absolute atomic E-state index is 0. The second-order valence-corrected chi connectivity index (χ2v) is 11.2. The zero-order chi connectivity index (χ0) is 28.9.